The smallest absolute Gasteiger partial charge is 0.276 e. The van der Waals surface area contributed by atoms with Crippen LogP contribution in [0.25, 0.3) is 0 Å². The van der Waals surface area contributed by atoms with Gasteiger partial charge in [0, 0.05) is 19.8 Å². The molecule has 2 aromatic rings. The first-order valence-electron chi connectivity index (χ1n) is 8.13. The number of hydrogen-bond donors (Lipinski definition) is 0. The van der Waals surface area contributed by atoms with Crippen molar-refractivity contribution in [3.63, 3.8) is 0 Å². The van der Waals surface area contributed by atoms with Crippen molar-refractivity contribution >= 4 is 23.4 Å². The Labute approximate surface area is 148 Å². The average molecular weight is 346 g/mol. The van der Waals surface area contributed by atoms with Crippen molar-refractivity contribution in [2.45, 2.75) is 33.4 Å². The monoisotopic (exact) mass is 346 g/mol. The fraction of sp³-hybridized carbons (Fsp3) is 0.500. The van der Waals surface area contributed by atoms with Crippen LogP contribution in [-0.4, -0.2) is 32.7 Å². The minimum absolute atomic E-state index is 0.0485. The van der Waals surface area contributed by atoms with E-state index in [0.29, 0.717) is 12.2 Å². The Morgan fingerprint density at radius 1 is 1.33 bits per heavy atom. The lowest BCUT2D eigenvalue weighted by Crippen LogP contribution is -2.32. The van der Waals surface area contributed by atoms with Gasteiger partial charge < -0.3 is 9.47 Å². The van der Waals surface area contributed by atoms with Crippen LogP contribution in [0.1, 0.15) is 44.0 Å². The number of thioether (sulfide) groups is 1. The van der Waals surface area contributed by atoms with Crippen molar-refractivity contribution in [2.24, 2.45) is 12.5 Å². The molecule has 0 aliphatic heterocycles. The lowest BCUT2D eigenvalue weighted by atomic mass is 10.0. The van der Waals surface area contributed by atoms with E-state index in [-0.39, 0.29) is 11.3 Å². The maximum Gasteiger partial charge on any atom is 0.276 e. The van der Waals surface area contributed by atoms with Gasteiger partial charge in [-0.05, 0) is 30.2 Å². The van der Waals surface area contributed by atoms with Gasteiger partial charge in [-0.3, -0.25) is 9.78 Å². The highest BCUT2D eigenvalue weighted by atomic mass is 32.2. The van der Waals surface area contributed by atoms with Gasteiger partial charge in [-0.1, -0.05) is 20.8 Å². The van der Waals surface area contributed by atoms with Crippen molar-refractivity contribution in [1.29, 1.82) is 0 Å². The molecule has 1 amide bonds. The van der Waals surface area contributed by atoms with Crippen LogP contribution in [0.15, 0.2) is 30.7 Å². The molecule has 6 heteroatoms. The van der Waals surface area contributed by atoms with E-state index in [2.05, 4.69) is 30.7 Å². The van der Waals surface area contributed by atoms with Crippen molar-refractivity contribution in [3.8, 4) is 0 Å². The number of hydrogen-bond acceptors (Lipinski definition) is 4. The second-order valence-corrected chi connectivity index (χ2v) is 7.92. The predicted molar refractivity (Wildman–Crippen MR) is 100 cm³/mol. The van der Waals surface area contributed by atoms with E-state index in [4.69, 9.17) is 0 Å². The Kier molecular flexibility index (Phi) is 6.04. The molecule has 5 nitrogen and oxygen atoms in total. The van der Waals surface area contributed by atoms with Gasteiger partial charge in [0.05, 0.1) is 23.8 Å². The summed E-state index contributed by atoms with van der Waals surface area (Å²) in [7, 11) is 1.91. The topological polar surface area (TPSA) is 51.0 Å². The number of pyridine rings is 1. The minimum atomic E-state index is -0.0485. The van der Waals surface area contributed by atoms with Gasteiger partial charge in [0.1, 0.15) is 11.5 Å². The van der Waals surface area contributed by atoms with Crippen LogP contribution in [0.4, 0.5) is 5.69 Å². The molecule has 0 fully saturated rings. The number of amides is 1. The maximum atomic E-state index is 12.9. The molecular weight excluding hydrogens is 320 g/mol. The van der Waals surface area contributed by atoms with E-state index in [1.807, 2.05) is 42.4 Å². The highest BCUT2D eigenvalue weighted by Gasteiger charge is 2.21. The molecule has 0 unspecified atom stereocenters. The first kappa shape index (κ1) is 18.5. The maximum absolute atomic E-state index is 12.9. The van der Waals surface area contributed by atoms with Gasteiger partial charge in [-0.2, -0.15) is 11.8 Å². The molecule has 0 radical (unpaired) electrons. The molecule has 0 aliphatic rings. The van der Waals surface area contributed by atoms with Crippen LogP contribution in [0.3, 0.4) is 0 Å². The van der Waals surface area contributed by atoms with Gasteiger partial charge in [0.25, 0.3) is 5.91 Å². The molecule has 0 N–H and O–H groups in total. The van der Waals surface area contributed by atoms with Gasteiger partial charge in [0.2, 0.25) is 0 Å². The zero-order chi connectivity index (χ0) is 17.7. The summed E-state index contributed by atoms with van der Waals surface area (Å²) >= 11 is 1.84. The average Bonchev–Trinajstić information content (AvgIpc) is 2.89. The highest BCUT2D eigenvalue weighted by molar-refractivity contribution is 7.98. The van der Waals surface area contributed by atoms with E-state index < -0.39 is 0 Å². The summed E-state index contributed by atoms with van der Waals surface area (Å²) in [6.45, 7) is 9.21. The summed E-state index contributed by atoms with van der Waals surface area (Å²) < 4.78 is 1.90. The van der Waals surface area contributed by atoms with Crippen LogP contribution in [0, 0.1) is 5.41 Å². The second kappa shape index (κ2) is 7.83. The lowest BCUT2D eigenvalue weighted by molar-refractivity contribution is 0.0980. The fourth-order valence-electron chi connectivity index (χ4n) is 2.32. The van der Waals surface area contributed by atoms with E-state index in [9.17, 15) is 4.79 Å². The fourth-order valence-corrected chi connectivity index (χ4v) is 3.49. The summed E-state index contributed by atoms with van der Waals surface area (Å²) in [4.78, 5) is 23.1. The van der Waals surface area contributed by atoms with Crippen molar-refractivity contribution in [2.75, 3.05) is 17.2 Å². The largest absolute Gasteiger partial charge is 0.326 e. The molecule has 24 heavy (non-hydrogen) atoms. The number of aromatic nitrogens is 3. The summed E-state index contributed by atoms with van der Waals surface area (Å²) in [5.74, 6) is 2.74. The third-order valence-electron chi connectivity index (χ3n) is 3.59. The minimum Gasteiger partial charge on any atom is -0.326 e. The normalized spacial score (nSPS) is 11.5. The molecular formula is C18H26N4OS. The number of anilines is 1. The zero-order valence-corrected chi connectivity index (χ0v) is 15.9. The molecule has 0 spiro atoms. The molecule has 0 atom stereocenters. The molecule has 0 bridgehead atoms. The second-order valence-electron chi connectivity index (χ2n) is 6.93. The van der Waals surface area contributed by atoms with Crippen molar-refractivity contribution < 1.29 is 4.79 Å². The summed E-state index contributed by atoms with van der Waals surface area (Å²) in [6, 6.07) is 3.73. The Morgan fingerprint density at radius 3 is 2.67 bits per heavy atom. The third kappa shape index (κ3) is 4.60. The summed E-state index contributed by atoms with van der Waals surface area (Å²) in [6.07, 6.45) is 5.09. The summed E-state index contributed by atoms with van der Waals surface area (Å²) in [5, 5.41) is 0. The van der Waals surface area contributed by atoms with E-state index in [1.165, 1.54) is 0 Å². The van der Waals surface area contributed by atoms with Crippen LogP contribution >= 0.6 is 11.8 Å². The van der Waals surface area contributed by atoms with Crippen LogP contribution in [0.5, 0.6) is 0 Å². The predicted octanol–water partition coefficient (Wildman–Crippen LogP) is 3.76. The van der Waals surface area contributed by atoms with Gasteiger partial charge in [0.15, 0.2) is 0 Å². The lowest BCUT2D eigenvalue weighted by Gasteiger charge is -2.21. The first-order valence-corrected chi connectivity index (χ1v) is 9.29. The molecule has 0 aliphatic carbocycles. The Bertz CT molecular complexity index is 676. The number of nitrogens with zero attached hydrogens (tertiary/aromatic N) is 4. The standard InChI is InChI=1S/C18H26N4OS/c1-6-22(14-8-7-9-19-10-14)17(23)15-11-20-16(21(15)5)12-24-13-18(2,3)4/h7-11H,6,12-13H2,1-5H3. The molecule has 0 aromatic carbocycles. The highest BCUT2D eigenvalue weighted by Crippen LogP contribution is 2.23. The molecule has 2 aromatic heterocycles. The molecule has 2 heterocycles. The van der Waals surface area contributed by atoms with Crippen molar-refractivity contribution in [3.05, 3.63) is 42.2 Å². The SMILES string of the molecule is CCN(C(=O)c1cnc(CSCC(C)(C)C)n1C)c1cccnc1. The Hall–Kier alpha value is -1.82. The number of carbonyl (C=O) groups is 1. The van der Waals surface area contributed by atoms with Crippen LogP contribution in [-0.2, 0) is 12.8 Å². The van der Waals surface area contributed by atoms with E-state index in [0.717, 1.165) is 23.0 Å². The van der Waals surface area contributed by atoms with E-state index in [1.54, 1.807) is 23.5 Å². The van der Waals surface area contributed by atoms with Gasteiger partial charge in [-0.25, -0.2) is 4.98 Å². The van der Waals surface area contributed by atoms with Crippen LogP contribution in [0.2, 0.25) is 0 Å². The van der Waals surface area contributed by atoms with Gasteiger partial charge >= 0.3 is 0 Å². The molecule has 0 saturated heterocycles. The van der Waals surface area contributed by atoms with Gasteiger partial charge in [-0.15, -0.1) is 0 Å². The Balaban J connectivity index is 2.13. The zero-order valence-electron chi connectivity index (χ0n) is 15.1. The quantitative estimate of drug-likeness (QED) is 0.799. The number of carbonyl (C=O) groups excluding carboxylic acids is 1. The van der Waals surface area contributed by atoms with Crippen molar-refractivity contribution in [1.82, 2.24) is 14.5 Å². The summed E-state index contributed by atoms with van der Waals surface area (Å²) in [5.41, 5.74) is 1.69. The molecule has 130 valence electrons. The van der Waals surface area contributed by atoms with Crippen LogP contribution < -0.4 is 4.90 Å². The number of rotatable bonds is 6. The Morgan fingerprint density at radius 2 is 2.08 bits per heavy atom. The van der Waals surface area contributed by atoms with E-state index >= 15 is 0 Å². The molecule has 0 saturated carbocycles. The number of imidazole rings is 1. The molecule has 2 rings (SSSR count). The third-order valence-corrected chi connectivity index (χ3v) is 5.12. The first-order chi connectivity index (χ1) is 11.3.